The molecule has 0 aliphatic heterocycles. The van der Waals surface area contributed by atoms with Crippen LogP contribution in [-0.4, -0.2) is 66.1 Å². The van der Waals surface area contributed by atoms with E-state index in [1.807, 2.05) is 27.7 Å². The molecule has 3 rings (SSSR count). The fourth-order valence-electron chi connectivity index (χ4n) is 3.46. The molecule has 0 spiro atoms. The summed E-state index contributed by atoms with van der Waals surface area (Å²) in [7, 11) is -2.27. The number of carboxylic acid groups (broad SMARTS) is 1. The Hall–Kier alpha value is -4.82. The van der Waals surface area contributed by atoms with E-state index in [0.29, 0.717) is 17.5 Å². The highest BCUT2D eigenvalue weighted by Gasteiger charge is 2.25. The van der Waals surface area contributed by atoms with E-state index in [1.165, 1.54) is 31.4 Å². The van der Waals surface area contributed by atoms with Crippen LogP contribution in [-0.2, 0) is 10.1 Å². The minimum absolute atomic E-state index is 0.0685. The molecule has 1 aromatic heterocycles. The van der Waals surface area contributed by atoms with Crippen molar-refractivity contribution in [1.29, 1.82) is 5.41 Å². The normalized spacial score (nSPS) is 11.8. The Kier molecular flexibility index (Phi) is 11.1. The zero-order valence-corrected chi connectivity index (χ0v) is 25.4. The molecule has 0 unspecified atom stereocenters. The van der Waals surface area contributed by atoms with Crippen molar-refractivity contribution in [2.75, 3.05) is 18.7 Å². The lowest BCUT2D eigenvalue weighted by molar-refractivity contribution is 0.0697. The summed E-state index contributed by atoms with van der Waals surface area (Å²) in [5, 5.41) is 23.1. The fraction of sp³-hybridized carbons (Fsp3) is 0.276. The molecule has 14 heteroatoms. The van der Waals surface area contributed by atoms with E-state index >= 15 is 0 Å². The van der Waals surface area contributed by atoms with Gasteiger partial charge in [0, 0.05) is 34.5 Å². The third kappa shape index (κ3) is 10.2. The molecule has 0 radical (unpaired) electrons. The Labute approximate surface area is 249 Å². The van der Waals surface area contributed by atoms with Gasteiger partial charge in [0.2, 0.25) is 5.88 Å². The minimum atomic E-state index is -3.67. The van der Waals surface area contributed by atoms with Gasteiger partial charge in [-0.2, -0.15) is 8.42 Å². The number of benzene rings is 2. The number of carbonyl (C=O) groups excluding carboxylic acids is 2. The molecule has 0 saturated heterocycles. The number of aromatic carboxylic acids is 1. The summed E-state index contributed by atoms with van der Waals surface area (Å²) in [5.41, 5.74) is 6.63. The number of nitrogens with one attached hydrogen (secondary N) is 3. The third-order valence-electron chi connectivity index (χ3n) is 6.20. The van der Waals surface area contributed by atoms with Crippen molar-refractivity contribution in [2.24, 2.45) is 11.1 Å². The molecule has 2 aromatic carbocycles. The monoisotopic (exact) mass is 613 g/mol. The SMILES string of the molecule is COc1ccc(-c2ccc(C(=O)N[C@H](C)C(C)(C)C)cc2C(=O)O)c(C(=O)Nc2ccc(C(=N)N)cc2)n1.CS(=O)(=O)O. The number of carboxylic acids is 1. The molecule has 230 valence electrons. The summed E-state index contributed by atoms with van der Waals surface area (Å²) in [5.74, 6) is -2.21. The molecule has 43 heavy (non-hydrogen) atoms. The van der Waals surface area contributed by atoms with Crippen LogP contribution in [0.1, 0.15) is 64.5 Å². The number of aromatic nitrogens is 1. The number of ether oxygens (including phenoxy) is 1. The maximum absolute atomic E-state index is 13.3. The Morgan fingerprint density at radius 2 is 1.51 bits per heavy atom. The molecular formula is C29H35N5O8S. The number of amidine groups is 1. The number of nitrogens with two attached hydrogens (primary N) is 1. The van der Waals surface area contributed by atoms with Gasteiger partial charge in [-0.1, -0.05) is 26.8 Å². The first kappa shape index (κ1) is 34.4. The number of rotatable bonds is 8. The van der Waals surface area contributed by atoms with Gasteiger partial charge in [-0.25, -0.2) is 9.78 Å². The highest BCUT2D eigenvalue weighted by molar-refractivity contribution is 7.85. The number of carbonyl (C=O) groups is 3. The quantitative estimate of drug-likeness (QED) is 0.123. The zero-order chi connectivity index (χ0) is 32.7. The van der Waals surface area contributed by atoms with Gasteiger partial charge in [0.25, 0.3) is 21.9 Å². The molecule has 0 bridgehead atoms. The lowest BCUT2D eigenvalue weighted by Gasteiger charge is -2.28. The van der Waals surface area contributed by atoms with Crippen LogP contribution in [0.15, 0.2) is 54.6 Å². The molecule has 7 N–H and O–H groups in total. The van der Waals surface area contributed by atoms with Gasteiger partial charge >= 0.3 is 5.97 Å². The number of pyridine rings is 1. The Morgan fingerprint density at radius 1 is 0.977 bits per heavy atom. The zero-order valence-electron chi connectivity index (χ0n) is 24.6. The summed E-state index contributed by atoms with van der Waals surface area (Å²) in [6.07, 6.45) is 0.715. The highest BCUT2D eigenvalue weighted by atomic mass is 32.2. The van der Waals surface area contributed by atoms with Crippen LogP contribution in [0.5, 0.6) is 5.88 Å². The van der Waals surface area contributed by atoms with Crippen molar-refractivity contribution in [3.05, 3.63) is 77.0 Å². The van der Waals surface area contributed by atoms with E-state index in [9.17, 15) is 27.9 Å². The summed E-state index contributed by atoms with van der Waals surface area (Å²) in [6, 6.07) is 13.5. The van der Waals surface area contributed by atoms with Crippen LogP contribution in [0, 0.1) is 10.8 Å². The van der Waals surface area contributed by atoms with E-state index in [0.717, 1.165) is 0 Å². The standard InChI is InChI=1S/C28H31N5O5.CH4O3S/c1-15(28(2,3)4)31-25(34)17-8-11-19(21(14-17)27(36)37)20-12-13-22(38-5)33-23(20)26(35)32-18-9-6-16(7-10-18)24(29)30;1-5(2,3)4/h6-15H,1-5H3,(H3,29,30)(H,31,34)(H,32,35)(H,36,37);1H3,(H,2,3,4)/t15-;/m1./s1. The maximum Gasteiger partial charge on any atom is 0.336 e. The number of hydrogen-bond donors (Lipinski definition) is 6. The smallest absolute Gasteiger partial charge is 0.336 e. The molecule has 3 aromatic rings. The summed E-state index contributed by atoms with van der Waals surface area (Å²) in [4.78, 5) is 42.6. The Morgan fingerprint density at radius 3 is 2.00 bits per heavy atom. The predicted octanol–water partition coefficient (Wildman–Crippen LogP) is 3.66. The Bertz CT molecular complexity index is 1620. The number of methoxy groups -OCH3 is 1. The molecule has 1 atom stereocenters. The van der Waals surface area contributed by atoms with Crippen LogP contribution in [0.25, 0.3) is 11.1 Å². The average molecular weight is 614 g/mol. The molecule has 0 saturated carbocycles. The fourth-order valence-corrected chi connectivity index (χ4v) is 3.46. The molecule has 2 amide bonds. The van der Waals surface area contributed by atoms with Crippen LogP contribution in [0.4, 0.5) is 5.69 Å². The van der Waals surface area contributed by atoms with Crippen molar-refractivity contribution in [2.45, 2.75) is 33.7 Å². The molecular weight excluding hydrogens is 578 g/mol. The number of nitrogens with zero attached hydrogens (tertiary/aromatic N) is 1. The van der Waals surface area contributed by atoms with Crippen molar-refractivity contribution in [3.63, 3.8) is 0 Å². The topological polar surface area (TPSA) is 222 Å². The first-order chi connectivity index (χ1) is 19.8. The van der Waals surface area contributed by atoms with E-state index in [2.05, 4.69) is 15.6 Å². The second-order valence-electron chi connectivity index (χ2n) is 10.6. The second-order valence-corrected chi connectivity index (χ2v) is 12.0. The molecule has 0 aliphatic carbocycles. The van der Waals surface area contributed by atoms with E-state index in [-0.39, 0.29) is 51.1 Å². The lowest BCUT2D eigenvalue weighted by Crippen LogP contribution is -2.41. The van der Waals surface area contributed by atoms with Gasteiger partial charge in [0.05, 0.1) is 18.9 Å². The summed E-state index contributed by atoms with van der Waals surface area (Å²) in [6.45, 7) is 7.85. The van der Waals surface area contributed by atoms with Crippen LogP contribution < -0.4 is 21.1 Å². The van der Waals surface area contributed by atoms with Gasteiger partial charge in [-0.15, -0.1) is 0 Å². The second kappa shape index (κ2) is 13.9. The number of amides is 2. The third-order valence-corrected chi connectivity index (χ3v) is 6.20. The molecule has 0 fully saturated rings. The predicted molar refractivity (Wildman–Crippen MR) is 162 cm³/mol. The maximum atomic E-state index is 13.3. The molecule has 13 nitrogen and oxygen atoms in total. The molecule has 0 aliphatic rings. The number of hydrogen-bond acceptors (Lipinski definition) is 8. The van der Waals surface area contributed by atoms with Gasteiger partial charge in [0.15, 0.2) is 0 Å². The van der Waals surface area contributed by atoms with Gasteiger partial charge < -0.3 is 26.2 Å². The number of nitrogen functional groups attached to an aromatic ring is 1. The first-order valence-electron chi connectivity index (χ1n) is 12.7. The molecule has 1 heterocycles. The van der Waals surface area contributed by atoms with Crippen molar-refractivity contribution < 1.29 is 37.2 Å². The van der Waals surface area contributed by atoms with Crippen LogP contribution in [0.3, 0.4) is 0 Å². The van der Waals surface area contributed by atoms with Gasteiger partial charge in [-0.05, 0) is 60.4 Å². The van der Waals surface area contributed by atoms with Crippen LogP contribution in [0.2, 0.25) is 0 Å². The first-order valence-corrected chi connectivity index (χ1v) is 14.6. The van der Waals surface area contributed by atoms with E-state index < -0.39 is 27.9 Å². The summed E-state index contributed by atoms with van der Waals surface area (Å²) >= 11 is 0. The van der Waals surface area contributed by atoms with Crippen LogP contribution >= 0.6 is 0 Å². The van der Waals surface area contributed by atoms with Gasteiger partial charge in [-0.3, -0.25) is 19.6 Å². The highest BCUT2D eigenvalue weighted by Crippen LogP contribution is 2.30. The van der Waals surface area contributed by atoms with Gasteiger partial charge in [0.1, 0.15) is 11.5 Å². The number of anilines is 1. The van der Waals surface area contributed by atoms with E-state index in [4.69, 9.17) is 20.4 Å². The summed E-state index contributed by atoms with van der Waals surface area (Å²) < 4.78 is 31.1. The van der Waals surface area contributed by atoms with Crippen molar-refractivity contribution >= 4 is 39.4 Å². The minimum Gasteiger partial charge on any atom is -0.481 e. The lowest BCUT2D eigenvalue weighted by atomic mass is 9.88. The average Bonchev–Trinajstić information content (AvgIpc) is 2.91. The largest absolute Gasteiger partial charge is 0.481 e. The van der Waals surface area contributed by atoms with Crippen molar-refractivity contribution in [3.8, 4) is 17.0 Å². The van der Waals surface area contributed by atoms with Crippen molar-refractivity contribution in [1.82, 2.24) is 10.3 Å². The van der Waals surface area contributed by atoms with E-state index in [1.54, 1.807) is 30.3 Å². The Balaban J connectivity index is 0.00000119.